The van der Waals surface area contributed by atoms with Crippen LogP contribution >= 0.6 is 0 Å². The minimum Gasteiger partial charge on any atom is -0.497 e. The molecule has 0 spiro atoms. The SMILES string of the molecule is COc1ccc(CC(=O)NC(c2ccccc2)c2ccc3nc(C(F)(F)F)[nH]c3c2)cc1. The number of amides is 1. The second-order valence-electron chi connectivity index (χ2n) is 7.30. The molecule has 1 aromatic heterocycles. The molecule has 164 valence electrons. The number of aromatic nitrogens is 2. The second kappa shape index (κ2) is 8.74. The molecule has 0 bridgehead atoms. The van der Waals surface area contributed by atoms with E-state index in [1.807, 2.05) is 42.5 Å². The molecule has 1 unspecified atom stereocenters. The Bertz CT molecular complexity index is 1220. The van der Waals surface area contributed by atoms with Gasteiger partial charge < -0.3 is 15.0 Å². The van der Waals surface area contributed by atoms with E-state index in [0.717, 1.165) is 11.1 Å². The molecular formula is C24H20F3N3O2. The fourth-order valence-corrected chi connectivity index (χ4v) is 3.49. The first kappa shape index (κ1) is 21.4. The number of rotatable bonds is 6. The number of hydrogen-bond donors (Lipinski definition) is 2. The number of hydrogen-bond acceptors (Lipinski definition) is 3. The number of carbonyl (C=O) groups excluding carboxylic acids is 1. The molecule has 1 atom stereocenters. The Morgan fingerprint density at radius 2 is 1.75 bits per heavy atom. The quantitative estimate of drug-likeness (QED) is 0.442. The molecule has 0 saturated heterocycles. The Labute approximate surface area is 182 Å². The van der Waals surface area contributed by atoms with E-state index in [4.69, 9.17) is 4.74 Å². The molecule has 0 saturated carbocycles. The number of benzene rings is 3. The summed E-state index contributed by atoms with van der Waals surface area (Å²) < 4.78 is 44.2. The zero-order valence-corrected chi connectivity index (χ0v) is 17.1. The minimum absolute atomic E-state index is 0.151. The third-order valence-electron chi connectivity index (χ3n) is 5.07. The molecule has 0 aliphatic heterocycles. The Morgan fingerprint density at radius 1 is 1.03 bits per heavy atom. The van der Waals surface area contributed by atoms with Crippen molar-refractivity contribution in [2.24, 2.45) is 0 Å². The maximum Gasteiger partial charge on any atom is 0.449 e. The highest BCUT2D eigenvalue weighted by Crippen LogP contribution is 2.30. The van der Waals surface area contributed by atoms with Crippen LogP contribution in [0.1, 0.15) is 28.6 Å². The molecule has 0 fully saturated rings. The van der Waals surface area contributed by atoms with E-state index in [0.29, 0.717) is 11.3 Å². The van der Waals surface area contributed by atoms with E-state index in [-0.39, 0.29) is 23.4 Å². The van der Waals surface area contributed by atoms with Crippen LogP contribution in [0.4, 0.5) is 13.2 Å². The normalized spacial score (nSPS) is 12.5. The molecule has 0 aliphatic carbocycles. The predicted octanol–water partition coefficient (Wildman–Crippen LogP) is 5.04. The lowest BCUT2D eigenvalue weighted by atomic mass is 9.97. The van der Waals surface area contributed by atoms with E-state index in [1.54, 1.807) is 31.4 Å². The van der Waals surface area contributed by atoms with Crippen molar-refractivity contribution in [3.8, 4) is 5.75 Å². The number of carbonyl (C=O) groups is 1. The standard InChI is InChI=1S/C24H20F3N3O2/c1-32-18-10-7-15(8-11-18)13-21(31)30-22(16-5-3-2-4-6-16)17-9-12-19-20(14-17)29-23(28-19)24(25,26)27/h2-12,14,22H,13H2,1H3,(H,28,29)(H,30,31). The van der Waals surface area contributed by atoms with Gasteiger partial charge in [0.2, 0.25) is 11.7 Å². The zero-order chi connectivity index (χ0) is 22.7. The molecule has 1 amide bonds. The smallest absolute Gasteiger partial charge is 0.449 e. The van der Waals surface area contributed by atoms with Crippen molar-refractivity contribution < 1.29 is 22.7 Å². The number of fused-ring (bicyclic) bond motifs is 1. The number of alkyl halides is 3. The summed E-state index contributed by atoms with van der Waals surface area (Å²) in [4.78, 5) is 18.7. The molecule has 4 aromatic rings. The first-order valence-corrected chi connectivity index (χ1v) is 9.87. The van der Waals surface area contributed by atoms with E-state index < -0.39 is 18.0 Å². The van der Waals surface area contributed by atoms with E-state index >= 15 is 0 Å². The summed E-state index contributed by atoms with van der Waals surface area (Å²) in [5.41, 5.74) is 2.72. The fraction of sp³-hybridized carbons (Fsp3) is 0.167. The largest absolute Gasteiger partial charge is 0.497 e. The summed E-state index contributed by atoms with van der Waals surface area (Å²) in [6.07, 6.45) is -4.41. The highest BCUT2D eigenvalue weighted by molar-refractivity contribution is 5.80. The van der Waals surface area contributed by atoms with Crippen LogP contribution in [0.2, 0.25) is 0 Å². The van der Waals surface area contributed by atoms with Gasteiger partial charge in [0.1, 0.15) is 5.75 Å². The lowest BCUT2D eigenvalue weighted by Crippen LogP contribution is -2.30. The molecular weight excluding hydrogens is 419 g/mol. The maximum absolute atomic E-state index is 13.0. The maximum atomic E-state index is 13.0. The van der Waals surface area contributed by atoms with Gasteiger partial charge in [-0.25, -0.2) is 4.98 Å². The number of nitrogens with one attached hydrogen (secondary N) is 2. The Kier molecular flexibility index (Phi) is 5.85. The van der Waals surface area contributed by atoms with Crippen LogP contribution in [0.25, 0.3) is 11.0 Å². The summed E-state index contributed by atoms with van der Waals surface area (Å²) >= 11 is 0. The summed E-state index contributed by atoms with van der Waals surface area (Å²) in [6.45, 7) is 0. The molecule has 32 heavy (non-hydrogen) atoms. The van der Waals surface area contributed by atoms with Gasteiger partial charge in [0.15, 0.2) is 0 Å². The lowest BCUT2D eigenvalue weighted by Gasteiger charge is -2.20. The average molecular weight is 439 g/mol. The van der Waals surface area contributed by atoms with Gasteiger partial charge in [-0.3, -0.25) is 4.79 Å². The molecule has 4 rings (SSSR count). The van der Waals surface area contributed by atoms with Crippen LogP contribution in [0.3, 0.4) is 0 Å². The topological polar surface area (TPSA) is 67.0 Å². The van der Waals surface area contributed by atoms with Crippen molar-refractivity contribution in [3.63, 3.8) is 0 Å². The fourth-order valence-electron chi connectivity index (χ4n) is 3.49. The average Bonchev–Trinajstić information content (AvgIpc) is 3.23. The van der Waals surface area contributed by atoms with Gasteiger partial charge in [-0.15, -0.1) is 0 Å². The van der Waals surface area contributed by atoms with Crippen LogP contribution in [0.5, 0.6) is 5.75 Å². The summed E-state index contributed by atoms with van der Waals surface area (Å²) in [5.74, 6) is -0.573. The minimum atomic E-state index is -4.56. The molecule has 8 heteroatoms. The second-order valence-corrected chi connectivity index (χ2v) is 7.30. The highest BCUT2D eigenvalue weighted by atomic mass is 19.4. The third-order valence-corrected chi connectivity index (χ3v) is 5.07. The van der Waals surface area contributed by atoms with Gasteiger partial charge in [0.25, 0.3) is 0 Å². The van der Waals surface area contributed by atoms with Crippen molar-refractivity contribution in [3.05, 3.63) is 95.3 Å². The Hall–Kier alpha value is -3.81. The number of aromatic amines is 1. The van der Waals surface area contributed by atoms with Crippen LogP contribution in [0.15, 0.2) is 72.8 Å². The number of imidazole rings is 1. The van der Waals surface area contributed by atoms with Gasteiger partial charge in [-0.1, -0.05) is 48.5 Å². The number of methoxy groups -OCH3 is 1. The van der Waals surface area contributed by atoms with Crippen molar-refractivity contribution in [1.29, 1.82) is 0 Å². The molecule has 5 nitrogen and oxygen atoms in total. The number of H-pyrrole nitrogens is 1. The third kappa shape index (κ3) is 4.74. The zero-order valence-electron chi connectivity index (χ0n) is 17.1. The molecule has 1 heterocycles. The van der Waals surface area contributed by atoms with E-state index in [9.17, 15) is 18.0 Å². The van der Waals surface area contributed by atoms with Gasteiger partial charge >= 0.3 is 6.18 Å². The van der Waals surface area contributed by atoms with Gasteiger partial charge in [0.05, 0.1) is 30.6 Å². The van der Waals surface area contributed by atoms with Gasteiger partial charge in [-0.2, -0.15) is 13.2 Å². The van der Waals surface area contributed by atoms with Crippen LogP contribution in [-0.2, 0) is 17.4 Å². The first-order chi connectivity index (χ1) is 15.3. The van der Waals surface area contributed by atoms with Crippen LogP contribution in [-0.4, -0.2) is 23.0 Å². The summed E-state index contributed by atoms with van der Waals surface area (Å²) in [7, 11) is 1.57. The Balaban J connectivity index is 1.62. The first-order valence-electron chi connectivity index (χ1n) is 9.87. The molecule has 2 N–H and O–H groups in total. The number of ether oxygens (including phenoxy) is 1. The van der Waals surface area contributed by atoms with Gasteiger partial charge in [-0.05, 0) is 41.0 Å². The van der Waals surface area contributed by atoms with Crippen molar-refractivity contribution in [2.45, 2.75) is 18.6 Å². The number of halogens is 3. The monoisotopic (exact) mass is 439 g/mol. The van der Waals surface area contributed by atoms with Gasteiger partial charge in [0, 0.05) is 0 Å². The molecule has 0 radical (unpaired) electrons. The Morgan fingerprint density at radius 3 is 2.41 bits per heavy atom. The number of nitrogens with zero attached hydrogens (tertiary/aromatic N) is 1. The van der Waals surface area contributed by atoms with Crippen LogP contribution < -0.4 is 10.1 Å². The lowest BCUT2D eigenvalue weighted by molar-refractivity contribution is -0.144. The highest BCUT2D eigenvalue weighted by Gasteiger charge is 2.34. The van der Waals surface area contributed by atoms with E-state index in [2.05, 4.69) is 15.3 Å². The predicted molar refractivity (Wildman–Crippen MR) is 114 cm³/mol. The molecule has 0 aliphatic rings. The van der Waals surface area contributed by atoms with Crippen molar-refractivity contribution >= 4 is 16.9 Å². The van der Waals surface area contributed by atoms with E-state index in [1.165, 1.54) is 6.07 Å². The van der Waals surface area contributed by atoms with Crippen molar-refractivity contribution in [2.75, 3.05) is 7.11 Å². The van der Waals surface area contributed by atoms with Crippen molar-refractivity contribution in [1.82, 2.24) is 15.3 Å². The summed E-state index contributed by atoms with van der Waals surface area (Å²) in [6, 6.07) is 20.7. The van der Waals surface area contributed by atoms with Crippen LogP contribution in [0, 0.1) is 0 Å². The summed E-state index contributed by atoms with van der Waals surface area (Å²) in [5, 5.41) is 3.00. The molecule has 3 aromatic carbocycles.